The summed E-state index contributed by atoms with van der Waals surface area (Å²) < 4.78 is 11.0. The van der Waals surface area contributed by atoms with Gasteiger partial charge in [-0.2, -0.15) is 0 Å². The minimum absolute atomic E-state index is 0. The third kappa shape index (κ3) is 4.37. The zero-order chi connectivity index (χ0) is 18.0. The van der Waals surface area contributed by atoms with E-state index in [-0.39, 0.29) is 29.6 Å². The van der Waals surface area contributed by atoms with E-state index in [1.165, 1.54) is 0 Å². The number of carbonyl (C=O) groups excluding carboxylic acids is 1. The quantitative estimate of drug-likeness (QED) is 0.804. The lowest BCUT2D eigenvalue weighted by molar-refractivity contribution is -0.118. The van der Waals surface area contributed by atoms with Gasteiger partial charge in [0.15, 0.2) is 0 Å². The number of ether oxygens (including phenoxy) is 2. The predicted molar refractivity (Wildman–Crippen MR) is 108 cm³/mol. The Bertz CT molecular complexity index is 788. The number of hydrogen-bond acceptors (Lipinski definition) is 4. The Morgan fingerprint density at radius 3 is 2.48 bits per heavy atom. The van der Waals surface area contributed by atoms with Gasteiger partial charge in [0.05, 0.1) is 7.11 Å². The van der Waals surface area contributed by atoms with E-state index in [1.807, 2.05) is 48.5 Å². The molecule has 144 valence electrons. The molecule has 1 atom stereocenters. The Morgan fingerprint density at radius 2 is 1.78 bits per heavy atom. The lowest BCUT2D eigenvalue weighted by Gasteiger charge is -2.23. The summed E-state index contributed by atoms with van der Waals surface area (Å²) in [4.78, 5) is 12.5. The molecule has 0 radical (unpaired) electrons. The molecule has 0 bridgehead atoms. The van der Waals surface area contributed by atoms with Crippen LogP contribution in [0, 0.1) is 11.3 Å². The molecule has 0 aromatic heterocycles. The molecular formula is C21H25ClN2O3. The summed E-state index contributed by atoms with van der Waals surface area (Å²) in [5, 5.41) is 6.42. The van der Waals surface area contributed by atoms with Gasteiger partial charge >= 0.3 is 0 Å². The van der Waals surface area contributed by atoms with Gasteiger partial charge in [-0.15, -0.1) is 12.4 Å². The number of piperidine rings is 1. The third-order valence-corrected chi connectivity index (χ3v) is 5.50. The molecule has 2 aliphatic rings. The van der Waals surface area contributed by atoms with Crippen LogP contribution >= 0.6 is 12.4 Å². The summed E-state index contributed by atoms with van der Waals surface area (Å²) in [5.74, 6) is 2.50. The van der Waals surface area contributed by atoms with Crippen molar-refractivity contribution in [1.82, 2.24) is 5.32 Å². The molecule has 1 unspecified atom stereocenters. The lowest BCUT2D eigenvalue weighted by Crippen LogP contribution is -2.31. The SMILES string of the molecule is COc1cccc(Oc2ccc(NC(=O)C3CC34CCNCC4)cc2)c1.Cl. The maximum Gasteiger partial charge on any atom is 0.228 e. The van der Waals surface area contributed by atoms with Gasteiger partial charge in [0.1, 0.15) is 17.2 Å². The Kier molecular flexibility index (Phi) is 5.92. The van der Waals surface area contributed by atoms with E-state index in [9.17, 15) is 4.79 Å². The first-order valence-corrected chi connectivity index (χ1v) is 9.12. The van der Waals surface area contributed by atoms with Crippen molar-refractivity contribution in [3.05, 3.63) is 48.5 Å². The van der Waals surface area contributed by atoms with Crippen molar-refractivity contribution >= 4 is 24.0 Å². The van der Waals surface area contributed by atoms with Crippen LogP contribution in [0.25, 0.3) is 0 Å². The molecular weight excluding hydrogens is 364 g/mol. The van der Waals surface area contributed by atoms with Crippen LogP contribution in [0.3, 0.4) is 0 Å². The molecule has 4 rings (SSSR count). The molecule has 2 N–H and O–H groups in total. The molecule has 2 aromatic rings. The zero-order valence-corrected chi connectivity index (χ0v) is 16.2. The van der Waals surface area contributed by atoms with Gasteiger partial charge in [0.25, 0.3) is 0 Å². The van der Waals surface area contributed by atoms with Crippen LogP contribution in [-0.4, -0.2) is 26.1 Å². The number of halogens is 1. The van der Waals surface area contributed by atoms with E-state index in [4.69, 9.17) is 9.47 Å². The summed E-state index contributed by atoms with van der Waals surface area (Å²) in [7, 11) is 1.63. The minimum Gasteiger partial charge on any atom is -0.497 e. The molecule has 1 spiro atoms. The number of carbonyl (C=O) groups is 1. The fourth-order valence-electron chi connectivity index (χ4n) is 3.83. The highest BCUT2D eigenvalue weighted by molar-refractivity contribution is 5.95. The van der Waals surface area contributed by atoms with Crippen LogP contribution in [-0.2, 0) is 4.79 Å². The van der Waals surface area contributed by atoms with Crippen molar-refractivity contribution < 1.29 is 14.3 Å². The van der Waals surface area contributed by atoms with Crippen LogP contribution in [0.2, 0.25) is 0 Å². The summed E-state index contributed by atoms with van der Waals surface area (Å²) in [6.45, 7) is 2.06. The van der Waals surface area contributed by atoms with Gasteiger partial charge < -0.3 is 20.1 Å². The molecule has 5 nitrogen and oxygen atoms in total. The van der Waals surface area contributed by atoms with E-state index >= 15 is 0 Å². The van der Waals surface area contributed by atoms with E-state index < -0.39 is 0 Å². The Morgan fingerprint density at radius 1 is 1.07 bits per heavy atom. The summed E-state index contributed by atoms with van der Waals surface area (Å²) >= 11 is 0. The number of nitrogens with one attached hydrogen (secondary N) is 2. The van der Waals surface area contributed by atoms with Gasteiger partial charge in [-0.3, -0.25) is 4.79 Å². The fraction of sp³-hybridized carbons (Fsp3) is 0.381. The smallest absolute Gasteiger partial charge is 0.228 e. The normalized spacial score (nSPS) is 19.7. The van der Waals surface area contributed by atoms with Gasteiger partial charge in [-0.25, -0.2) is 0 Å². The fourth-order valence-corrected chi connectivity index (χ4v) is 3.83. The monoisotopic (exact) mass is 388 g/mol. The maximum absolute atomic E-state index is 12.5. The van der Waals surface area contributed by atoms with Crippen LogP contribution in [0.5, 0.6) is 17.2 Å². The number of amides is 1. The average molecular weight is 389 g/mol. The molecule has 1 saturated carbocycles. The van der Waals surface area contributed by atoms with Crippen LogP contribution in [0.15, 0.2) is 48.5 Å². The summed E-state index contributed by atoms with van der Waals surface area (Å²) in [6, 6.07) is 15.0. The second kappa shape index (κ2) is 8.19. The minimum atomic E-state index is 0. The number of rotatable bonds is 5. The topological polar surface area (TPSA) is 59.6 Å². The number of benzene rings is 2. The van der Waals surface area contributed by atoms with Crippen molar-refractivity contribution in [2.45, 2.75) is 19.3 Å². The van der Waals surface area contributed by atoms with E-state index in [0.717, 1.165) is 49.5 Å². The van der Waals surface area contributed by atoms with Crippen LogP contribution in [0.4, 0.5) is 5.69 Å². The summed E-state index contributed by atoms with van der Waals surface area (Å²) in [5.41, 5.74) is 1.06. The molecule has 27 heavy (non-hydrogen) atoms. The first-order chi connectivity index (χ1) is 12.7. The molecule has 1 saturated heterocycles. The first kappa shape index (κ1) is 19.5. The predicted octanol–water partition coefficient (Wildman–Crippen LogP) is 4.24. The van der Waals surface area contributed by atoms with Gasteiger partial charge in [0, 0.05) is 17.7 Å². The lowest BCUT2D eigenvalue weighted by atomic mass is 9.92. The standard InChI is InChI=1S/C21H24N2O3.ClH/c1-25-17-3-2-4-18(13-17)26-16-7-5-15(6-8-16)23-20(24)19-14-21(19)9-11-22-12-10-21;/h2-8,13,19,22H,9-12,14H2,1H3,(H,23,24);1H. The Labute approximate surface area is 165 Å². The highest BCUT2D eigenvalue weighted by atomic mass is 35.5. The van der Waals surface area contributed by atoms with Gasteiger partial charge in [-0.05, 0) is 74.2 Å². The number of hydrogen-bond donors (Lipinski definition) is 2. The van der Waals surface area contributed by atoms with Crippen molar-refractivity contribution in [3.8, 4) is 17.2 Å². The summed E-state index contributed by atoms with van der Waals surface area (Å²) in [6.07, 6.45) is 3.24. The third-order valence-electron chi connectivity index (χ3n) is 5.50. The molecule has 6 heteroatoms. The van der Waals surface area contributed by atoms with Crippen molar-refractivity contribution in [3.63, 3.8) is 0 Å². The van der Waals surface area contributed by atoms with Gasteiger partial charge in [0.2, 0.25) is 5.91 Å². The van der Waals surface area contributed by atoms with Crippen molar-refractivity contribution in [1.29, 1.82) is 0 Å². The Hall–Kier alpha value is -2.24. The van der Waals surface area contributed by atoms with Crippen molar-refractivity contribution in [2.75, 3.05) is 25.5 Å². The second-order valence-corrected chi connectivity index (χ2v) is 7.16. The molecule has 1 heterocycles. The molecule has 1 aliphatic carbocycles. The zero-order valence-electron chi connectivity index (χ0n) is 15.4. The van der Waals surface area contributed by atoms with Crippen LogP contribution in [0.1, 0.15) is 19.3 Å². The van der Waals surface area contributed by atoms with Crippen molar-refractivity contribution in [2.24, 2.45) is 11.3 Å². The van der Waals surface area contributed by atoms with Gasteiger partial charge in [-0.1, -0.05) is 6.07 Å². The Balaban J connectivity index is 0.00000210. The highest BCUT2D eigenvalue weighted by Gasteiger charge is 2.57. The average Bonchev–Trinajstić information content (AvgIpc) is 3.37. The second-order valence-electron chi connectivity index (χ2n) is 7.16. The van der Waals surface area contributed by atoms with E-state index in [1.54, 1.807) is 7.11 Å². The number of methoxy groups -OCH3 is 1. The van der Waals surface area contributed by atoms with E-state index in [0.29, 0.717) is 5.75 Å². The van der Waals surface area contributed by atoms with E-state index in [2.05, 4.69) is 10.6 Å². The maximum atomic E-state index is 12.5. The molecule has 2 aromatic carbocycles. The molecule has 1 aliphatic heterocycles. The number of anilines is 1. The molecule has 2 fully saturated rings. The largest absolute Gasteiger partial charge is 0.497 e. The first-order valence-electron chi connectivity index (χ1n) is 9.12. The van der Waals surface area contributed by atoms with Crippen LogP contribution < -0.4 is 20.1 Å². The highest BCUT2D eigenvalue weighted by Crippen LogP contribution is 2.58. The molecule has 1 amide bonds.